The lowest BCUT2D eigenvalue weighted by Crippen LogP contribution is -2.23. The molecule has 0 aliphatic carbocycles. The Labute approximate surface area is 115 Å². The van der Waals surface area contributed by atoms with E-state index >= 15 is 0 Å². The first-order valence-electron chi connectivity index (χ1n) is 5.99. The Morgan fingerprint density at radius 2 is 2.10 bits per heavy atom. The highest BCUT2D eigenvalue weighted by atomic mass is 16.7. The number of fused-ring (bicyclic) bond motifs is 1. The van der Waals surface area contributed by atoms with Gasteiger partial charge in [-0.25, -0.2) is 0 Å². The van der Waals surface area contributed by atoms with Crippen molar-refractivity contribution in [1.82, 2.24) is 4.98 Å². The Balaban J connectivity index is 2.36. The number of nitro groups is 1. The molecule has 0 fully saturated rings. The molecule has 0 amide bonds. The standard InChI is InChI=1S/C13H15N3O4/c1-19-12(20-2)8-15-10-5-6-11(16(17)18)9-4-3-7-14-13(9)10/h3-7,12,15H,8H2,1-2H3. The summed E-state index contributed by atoms with van der Waals surface area (Å²) in [7, 11) is 3.09. The average Bonchev–Trinajstić information content (AvgIpc) is 2.47. The van der Waals surface area contributed by atoms with E-state index in [-0.39, 0.29) is 5.69 Å². The van der Waals surface area contributed by atoms with Crippen molar-refractivity contribution in [3.05, 3.63) is 40.6 Å². The molecular formula is C13H15N3O4. The van der Waals surface area contributed by atoms with E-state index in [1.165, 1.54) is 6.07 Å². The molecule has 0 unspecified atom stereocenters. The minimum Gasteiger partial charge on any atom is -0.378 e. The minimum absolute atomic E-state index is 0.0358. The lowest BCUT2D eigenvalue weighted by molar-refractivity contribution is -0.383. The highest BCUT2D eigenvalue weighted by Gasteiger charge is 2.15. The van der Waals surface area contributed by atoms with Gasteiger partial charge in [0.1, 0.15) is 5.52 Å². The van der Waals surface area contributed by atoms with Gasteiger partial charge in [-0.2, -0.15) is 0 Å². The van der Waals surface area contributed by atoms with Crippen LogP contribution >= 0.6 is 0 Å². The number of hydrogen-bond acceptors (Lipinski definition) is 6. The number of methoxy groups -OCH3 is 2. The molecule has 0 spiro atoms. The number of pyridine rings is 1. The number of anilines is 1. The Bertz CT molecular complexity index is 614. The van der Waals surface area contributed by atoms with E-state index < -0.39 is 11.2 Å². The molecule has 0 aliphatic heterocycles. The van der Waals surface area contributed by atoms with Crippen LogP contribution in [0.1, 0.15) is 0 Å². The largest absolute Gasteiger partial charge is 0.378 e. The molecule has 20 heavy (non-hydrogen) atoms. The van der Waals surface area contributed by atoms with E-state index in [1.54, 1.807) is 38.6 Å². The summed E-state index contributed by atoms with van der Waals surface area (Å²) in [6, 6.07) is 6.44. The summed E-state index contributed by atoms with van der Waals surface area (Å²) < 4.78 is 10.2. The molecule has 0 bridgehead atoms. The maximum absolute atomic E-state index is 11.0. The predicted molar refractivity (Wildman–Crippen MR) is 74.7 cm³/mol. The van der Waals surface area contributed by atoms with Crippen LogP contribution in [0.15, 0.2) is 30.5 Å². The molecule has 1 aromatic heterocycles. The van der Waals surface area contributed by atoms with Gasteiger partial charge < -0.3 is 14.8 Å². The SMILES string of the molecule is COC(CNc1ccc([N+](=O)[O-])c2cccnc12)OC. The average molecular weight is 277 g/mol. The van der Waals surface area contributed by atoms with Crippen molar-refractivity contribution in [2.75, 3.05) is 26.1 Å². The van der Waals surface area contributed by atoms with Crippen molar-refractivity contribution in [2.24, 2.45) is 0 Å². The number of nitro benzene ring substituents is 1. The Kier molecular flexibility index (Phi) is 4.44. The van der Waals surface area contributed by atoms with E-state index in [1.807, 2.05) is 0 Å². The Morgan fingerprint density at radius 1 is 1.35 bits per heavy atom. The third-order valence-electron chi connectivity index (χ3n) is 2.93. The first-order valence-corrected chi connectivity index (χ1v) is 5.99. The van der Waals surface area contributed by atoms with Crippen LogP contribution in [0.2, 0.25) is 0 Å². The molecule has 0 saturated carbocycles. The van der Waals surface area contributed by atoms with Crippen LogP contribution in [0.4, 0.5) is 11.4 Å². The van der Waals surface area contributed by atoms with E-state index in [0.717, 1.165) is 0 Å². The topological polar surface area (TPSA) is 86.5 Å². The van der Waals surface area contributed by atoms with Gasteiger partial charge in [0.15, 0.2) is 6.29 Å². The molecule has 0 saturated heterocycles. The fraction of sp³-hybridized carbons (Fsp3) is 0.308. The smallest absolute Gasteiger partial charge is 0.278 e. The molecule has 106 valence electrons. The van der Waals surface area contributed by atoms with Gasteiger partial charge in [0.25, 0.3) is 5.69 Å². The zero-order valence-corrected chi connectivity index (χ0v) is 11.2. The second-order valence-electron chi connectivity index (χ2n) is 4.07. The summed E-state index contributed by atoms with van der Waals surface area (Å²) in [6.07, 6.45) is 1.20. The summed E-state index contributed by atoms with van der Waals surface area (Å²) in [5.41, 5.74) is 1.28. The third kappa shape index (κ3) is 2.84. The zero-order valence-electron chi connectivity index (χ0n) is 11.2. The fourth-order valence-electron chi connectivity index (χ4n) is 1.92. The number of benzene rings is 1. The molecule has 1 heterocycles. The molecular weight excluding hydrogens is 262 g/mol. The monoisotopic (exact) mass is 277 g/mol. The summed E-state index contributed by atoms with van der Waals surface area (Å²) in [6.45, 7) is 0.413. The Hall–Kier alpha value is -2.25. The molecule has 2 rings (SSSR count). The highest BCUT2D eigenvalue weighted by Crippen LogP contribution is 2.29. The van der Waals surface area contributed by atoms with Gasteiger partial charge in [0.2, 0.25) is 0 Å². The van der Waals surface area contributed by atoms with Gasteiger partial charge in [-0.1, -0.05) is 0 Å². The van der Waals surface area contributed by atoms with Crippen LogP contribution < -0.4 is 5.32 Å². The lowest BCUT2D eigenvalue weighted by atomic mass is 10.1. The second kappa shape index (κ2) is 6.27. The van der Waals surface area contributed by atoms with Crippen molar-refractivity contribution in [1.29, 1.82) is 0 Å². The first kappa shape index (κ1) is 14.2. The number of ether oxygens (including phenoxy) is 2. The van der Waals surface area contributed by atoms with E-state index in [9.17, 15) is 10.1 Å². The maximum atomic E-state index is 11.0. The first-order chi connectivity index (χ1) is 9.67. The van der Waals surface area contributed by atoms with Gasteiger partial charge in [0, 0.05) is 26.5 Å². The number of rotatable bonds is 6. The highest BCUT2D eigenvalue weighted by molar-refractivity contribution is 5.96. The molecule has 7 nitrogen and oxygen atoms in total. The number of hydrogen-bond donors (Lipinski definition) is 1. The maximum Gasteiger partial charge on any atom is 0.278 e. The Morgan fingerprint density at radius 3 is 2.75 bits per heavy atom. The van der Waals surface area contributed by atoms with Crippen molar-refractivity contribution in [3.63, 3.8) is 0 Å². The number of aromatic nitrogens is 1. The van der Waals surface area contributed by atoms with Crippen molar-refractivity contribution < 1.29 is 14.4 Å². The van der Waals surface area contributed by atoms with Crippen LogP contribution in [0, 0.1) is 10.1 Å². The van der Waals surface area contributed by atoms with Crippen molar-refractivity contribution in [3.8, 4) is 0 Å². The summed E-state index contributed by atoms with van der Waals surface area (Å²) in [5.74, 6) is 0. The predicted octanol–water partition coefficient (Wildman–Crippen LogP) is 2.17. The van der Waals surface area contributed by atoms with E-state index in [2.05, 4.69) is 10.3 Å². The number of nitrogens with one attached hydrogen (secondary N) is 1. The molecule has 1 N–H and O–H groups in total. The van der Waals surface area contributed by atoms with Gasteiger partial charge in [-0.15, -0.1) is 0 Å². The summed E-state index contributed by atoms with van der Waals surface area (Å²) >= 11 is 0. The van der Waals surface area contributed by atoms with Gasteiger partial charge in [-0.05, 0) is 18.2 Å². The molecule has 1 aromatic carbocycles. The lowest BCUT2D eigenvalue weighted by Gasteiger charge is -2.15. The third-order valence-corrected chi connectivity index (χ3v) is 2.93. The molecule has 0 atom stereocenters. The molecule has 7 heteroatoms. The molecule has 2 aromatic rings. The van der Waals surface area contributed by atoms with E-state index in [0.29, 0.717) is 23.1 Å². The van der Waals surface area contributed by atoms with Crippen molar-refractivity contribution in [2.45, 2.75) is 6.29 Å². The van der Waals surface area contributed by atoms with Crippen LogP contribution in [-0.2, 0) is 9.47 Å². The molecule has 0 radical (unpaired) electrons. The van der Waals surface area contributed by atoms with Crippen LogP contribution in [0.5, 0.6) is 0 Å². The second-order valence-corrected chi connectivity index (χ2v) is 4.07. The normalized spacial score (nSPS) is 10.9. The van der Waals surface area contributed by atoms with E-state index in [4.69, 9.17) is 9.47 Å². The van der Waals surface area contributed by atoms with Crippen molar-refractivity contribution >= 4 is 22.3 Å². The van der Waals surface area contributed by atoms with Crippen LogP contribution in [0.25, 0.3) is 10.9 Å². The summed E-state index contributed by atoms with van der Waals surface area (Å²) in [5, 5.41) is 14.6. The minimum atomic E-state index is -0.416. The fourth-order valence-corrected chi connectivity index (χ4v) is 1.92. The number of nitrogens with zero attached hydrogens (tertiary/aromatic N) is 2. The van der Waals surface area contributed by atoms with Gasteiger partial charge in [0.05, 0.1) is 22.5 Å². The zero-order chi connectivity index (χ0) is 14.5. The van der Waals surface area contributed by atoms with Crippen LogP contribution in [0.3, 0.4) is 0 Å². The van der Waals surface area contributed by atoms with Crippen LogP contribution in [-0.4, -0.2) is 37.0 Å². The summed E-state index contributed by atoms with van der Waals surface area (Å²) in [4.78, 5) is 14.8. The quantitative estimate of drug-likeness (QED) is 0.494. The number of non-ortho nitro benzene ring substituents is 1. The van der Waals surface area contributed by atoms with Gasteiger partial charge in [-0.3, -0.25) is 15.1 Å². The molecule has 0 aliphatic rings. The van der Waals surface area contributed by atoms with Gasteiger partial charge >= 0.3 is 0 Å².